The fraction of sp³-hybridized carbons (Fsp3) is 0.952. The third-order valence-corrected chi connectivity index (χ3v) is 6.60. The van der Waals surface area contributed by atoms with Crippen LogP contribution in [0.25, 0.3) is 0 Å². The highest BCUT2D eigenvalue weighted by molar-refractivity contribution is 8.38. The van der Waals surface area contributed by atoms with Crippen molar-refractivity contribution in [2.45, 2.75) is 117 Å². The first-order chi connectivity index (χ1) is 11.8. The van der Waals surface area contributed by atoms with Crippen molar-refractivity contribution < 1.29 is 4.79 Å². The van der Waals surface area contributed by atoms with Gasteiger partial charge in [-0.3, -0.25) is 4.79 Å². The number of hydrogen-bond donors (Lipinski definition) is 0. The SMILES string of the molecule is CCCCCCCCCCSC(=O)SCCCCCCCCCC. The van der Waals surface area contributed by atoms with E-state index >= 15 is 0 Å². The van der Waals surface area contributed by atoms with Crippen LogP contribution in [0.5, 0.6) is 0 Å². The summed E-state index contributed by atoms with van der Waals surface area (Å²) in [4.78, 5) is 11.8. The lowest BCUT2D eigenvalue weighted by Crippen LogP contribution is -1.90. The van der Waals surface area contributed by atoms with Gasteiger partial charge in [0, 0.05) is 11.5 Å². The number of rotatable bonds is 18. The second kappa shape index (κ2) is 21.4. The van der Waals surface area contributed by atoms with Crippen molar-refractivity contribution >= 4 is 28.0 Å². The van der Waals surface area contributed by atoms with Gasteiger partial charge in [-0.15, -0.1) is 0 Å². The first-order valence-corrected chi connectivity index (χ1v) is 12.6. The predicted octanol–water partition coefficient (Wildman–Crippen LogP) is 8.85. The fourth-order valence-electron chi connectivity index (χ4n) is 2.82. The molecule has 0 rings (SSSR count). The lowest BCUT2D eigenvalue weighted by atomic mass is 10.1. The molecule has 0 aliphatic heterocycles. The van der Waals surface area contributed by atoms with Crippen LogP contribution in [0.3, 0.4) is 0 Å². The highest BCUT2D eigenvalue weighted by Crippen LogP contribution is 2.20. The maximum Gasteiger partial charge on any atom is 0.246 e. The number of hydrogen-bond acceptors (Lipinski definition) is 3. The Kier molecular flexibility index (Phi) is 21.7. The maximum atomic E-state index is 11.8. The summed E-state index contributed by atoms with van der Waals surface area (Å²) in [5.41, 5.74) is 0. The molecule has 0 saturated carbocycles. The molecule has 0 aromatic rings. The average molecular weight is 375 g/mol. The van der Waals surface area contributed by atoms with Gasteiger partial charge >= 0.3 is 0 Å². The van der Waals surface area contributed by atoms with Crippen molar-refractivity contribution in [1.82, 2.24) is 0 Å². The molecule has 0 heterocycles. The average Bonchev–Trinajstić information content (AvgIpc) is 2.59. The van der Waals surface area contributed by atoms with Crippen LogP contribution in [0.4, 0.5) is 4.79 Å². The van der Waals surface area contributed by atoms with Crippen molar-refractivity contribution in [3.05, 3.63) is 0 Å². The van der Waals surface area contributed by atoms with Gasteiger partial charge in [-0.2, -0.15) is 0 Å². The standard InChI is InChI=1S/C21H42OS2/c1-3-5-7-9-11-13-15-17-19-23-21(22)24-20-18-16-14-12-10-8-6-4-2/h3-20H2,1-2H3. The summed E-state index contributed by atoms with van der Waals surface area (Å²) in [6.45, 7) is 4.53. The van der Waals surface area contributed by atoms with Crippen molar-refractivity contribution in [1.29, 1.82) is 0 Å². The highest BCUT2D eigenvalue weighted by atomic mass is 32.2. The van der Waals surface area contributed by atoms with Gasteiger partial charge in [-0.05, 0) is 12.8 Å². The Morgan fingerprint density at radius 3 is 1.12 bits per heavy atom. The Hall–Kier alpha value is 0.370. The highest BCUT2D eigenvalue weighted by Gasteiger charge is 2.03. The first kappa shape index (κ1) is 24.4. The van der Waals surface area contributed by atoms with E-state index in [0.29, 0.717) is 4.45 Å². The Bertz CT molecular complexity index is 232. The zero-order valence-electron chi connectivity index (χ0n) is 16.5. The van der Waals surface area contributed by atoms with Gasteiger partial charge in [0.25, 0.3) is 0 Å². The summed E-state index contributed by atoms with van der Waals surface area (Å²) in [7, 11) is 0. The topological polar surface area (TPSA) is 17.1 Å². The summed E-state index contributed by atoms with van der Waals surface area (Å²) >= 11 is 3.10. The molecule has 0 spiro atoms. The molecule has 0 atom stereocenters. The van der Waals surface area contributed by atoms with E-state index in [1.165, 1.54) is 103 Å². The Balaban J connectivity index is 3.13. The van der Waals surface area contributed by atoms with E-state index in [4.69, 9.17) is 0 Å². The summed E-state index contributed by atoms with van der Waals surface area (Å²) in [6.07, 6.45) is 21.5. The summed E-state index contributed by atoms with van der Waals surface area (Å²) in [5, 5.41) is 0. The summed E-state index contributed by atoms with van der Waals surface area (Å²) in [6, 6.07) is 0. The molecule has 144 valence electrons. The van der Waals surface area contributed by atoms with Gasteiger partial charge in [0.1, 0.15) is 0 Å². The normalized spacial score (nSPS) is 11.1. The van der Waals surface area contributed by atoms with Gasteiger partial charge in [-0.1, -0.05) is 127 Å². The Morgan fingerprint density at radius 1 is 0.500 bits per heavy atom. The van der Waals surface area contributed by atoms with Gasteiger partial charge in [0.2, 0.25) is 4.45 Å². The second-order valence-corrected chi connectivity index (χ2v) is 9.29. The molecule has 0 aromatic carbocycles. The van der Waals surface area contributed by atoms with E-state index in [0.717, 1.165) is 11.5 Å². The monoisotopic (exact) mass is 374 g/mol. The van der Waals surface area contributed by atoms with E-state index in [1.807, 2.05) is 0 Å². The van der Waals surface area contributed by atoms with Crippen LogP contribution >= 0.6 is 23.5 Å². The van der Waals surface area contributed by atoms with Crippen LogP contribution in [0.2, 0.25) is 0 Å². The molecule has 0 fully saturated rings. The third kappa shape index (κ3) is 20.4. The molecule has 0 amide bonds. The van der Waals surface area contributed by atoms with Crippen molar-refractivity contribution in [3.63, 3.8) is 0 Å². The molecule has 0 radical (unpaired) electrons. The lowest BCUT2D eigenvalue weighted by Gasteiger charge is -2.03. The predicted molar refractivity (Wildman–Crippen MR) is 116 cm³/mol. The first-order valence-electron chi connectivity index (χ1n) is 10.6. The van der Waals surface area contributed by atoms with E-state index in [1.54, 1.807) is 23.5 Å². The zero-order valence-corrected chi connectivity index (χ0v) is 18.1. The minimum absolute atomic E-state index is 0.348. The van der Waals surface area contributed by atoms with Crippen LogP contribution < -0.4 is 0 Å². The van der Waals surface area contributed by atoms with Crippen LogP contribution in [0, 0.1) is 0 Å². The molecule has 0 aliphatic rings. The van der Waals surface area contributed by atoms with Crippen LogP contribution in [0.15, 0.2) is 0 Å². The van der Waals surface area contributed by atoms with Gasteiger partial charge < -0.3 is 0 Å². The van der Waals surface area contributed by atoms with E-state index in [9.17, 15) is 4.79 Å². The second-order valence-electron chi connectivity index (χ2n) is 6.90. The van der Waals surface area contributed by atoms with Crippen molar-refractivity contribution in [2.24, 2.45) is 0 Å². The largest absolute Gasteiger partial charge is 0.274 e. The number of unbranched alkanes of at least 4 members (excludes halogenated alkanes) is 14. The number of thioether (sulfide) groups is 2. The Morgan fingerprint density at radius 2 is 0.792 bits per heavy atom. The van der Waals surface area contributed by atoms with Crippen LogP contribution in [-0.2, 0) is 0 Å². The molecule has 0 aliphatic carbocycles. The van der Waals surface area contributed by atoms with Gasteiger partial charge in [-0.25, -0.2) is 0 Å². The Labute approximate surface area is 160 Å². The molecule has 0 bridgehead atoms. The zero-order chi connectivity index (χ0) is 17.7. The van der Waals surface area contributed by atoms with Crippen molar-refractivity contribution in [3.8, 4) is 0 Å². The molecule has 0 aromatic heterocycles. The quantitative estimate of drug-likeness (QED) is 0.223. The maximum absolute atomic E-state index is 11.8. The molecule has 24 heavy (non-hydrogen) atoms. The van der Waals surface area contributed by atoms with Gasteiger partial charge in [0.15, 0.2) is 0 Å². The molecule has 0 saturated heterocycles. The third-order valence-electron chi connectivity index (χ3n) is 4.44. The fourth-order valence-corrected chi connectivity index (χ4v) is 4.69. The minimum atomic E-state index is 0.348. The summed E-state index contributed by atoms with van der Waals surface area (Å²) < 4.78 is 0.348. The molecular formula is C21H42OS2. The number of carbonyl (C=O) groups is 1. The molecule has 0 N–H and O–H groups in total. The summed E-state index contributed by atoms with van der Waals surface area (Å²) in [5.74, 6) is 2.05. The van der Waals surface area contributed by atoms with Crippen LogP contribution in [-0.4, -0.2) is 16.0 Å². The lowest BCUT2D eigenvalue weighted by molar-refractivity contribution is 0.276. The van der Waals surface area contributed by atoms with Crippen LogP contribution in [0.1, 0.15) is 117 Å². The molecule has 1 nitrogen and oxygen atoms in total. The molecule has 0 unspecified atom stereocenters. The van der Waals surface area contributed by atoms with Gasteiger partial charge in [0.05, 0.1) is 0 Å². The molecule has 3 heteroatoms. The smallest absolute Gasteiger partial charge is 0.246 e. The van der Waals surface area contributed by atoms with E-state index in [-0.39, 0.29) is 0 Å². The van der Waals surface area contributed by atoms with E-state index in [2.05, 4.69) is 13.8 Å². The molecular weight excluding hydrogens is 332 g/mol. The number of carbonyl (C=O) groups excluding carboxylic acids is 1. The minimum Gasteiger partial charge on any atom is -0.274 e. The van der Waals surface area contributed by atoms with E-state index < -0.39 is 0 Å². The van der Waals surface area contributed by atoms with Crippen molar-refractivity contribution in [2.75, 3.05) is 11.5 Å².